The van der Waals surface area contributed by atoms with Crippen LogP contribution in [0.2, 0.25) is 5.02 Å². The molecular weight excluding hydrogens is 550 g/mol. The number of pyridine rings is 1. The van der Waals surface area contributed by atoms with Crippen LogP contribution in [0.15, 0.2) is 140 Å². The van der Waals surface area contributed by atoms with Gasteiger partial charge in [0.1, 0.15) is 12.1 Å². The average Bonchev–Trinajstić information content (AvgIpc) is 3.36. The number of aromatic hydroxyl groups is 1. The van der Waals surface area contributed by atoms with Crippen LogP contribution >= 0.6 is 11.6 Å². The predicted octanol–water partition coefficient (Wildman–Crippen LogP) is 9.08. The molecule has 0 unspecified atom stereocenters. The zero-order valence-corrected chi connectivity index (χ0v) is 23.7. The molecule has 0 atom stereocenters. The van der Waals surface area contributed by atoms with Crippen LogP contribution in [0.3, 0.4) is 0 Å². The first-order valence-corrected chi connectivity index (χ1v) is 14.5. The van der Waals surface area contributed by atoms with Crippen LogP contribution < -0.4 is 0 Å². The minimum Gasteiger partial charge on any atom is -0.507 e. The Bertz CT molecular complexity index is 2140. The van der Waals surface area contributed by atoms with E-state index in [1.807, 2.05) is 66.7 Å². The van der Waals surface area contributed by atoms with Gasteiger partial charge in [-0.2, -0.15) is 0 Å². The Morgan fingerprint density at radius 3 is 2.05 bits per heavy atom. The lowest BCUT2D eigenvalue weighted by atomic mass is 9.69. The second kappa shape index (κ2) is 9.90. The van der Waals surface area contributed by atoms with Crippen LogP contribution in [0.4, 0.5) is 0 Å². The lowest BCUT2D eigenvalue weighted by Gasteiger charge is -2.33. The van der Waals surface area contributed by atoms with E-state index in [1.165, 1.54) is 0 Å². The van der Waals surface area contributed by atoms with Crippen molar-refractivity contribution < 1.29 is 5.11 Å². The second-order valence-corrected chi connectivity index (χ2v) is 11.2. The topological polar surface area (TPSA) is 58.9 Å². The van der Waals surface area contributed by atoms with Gasteiger partial charge in [-0.25, -0.2) is 9.97 Å². The van der Waals surface area contributed by atoms with Gasteiger partial charge in [0.25, 0.3) is 0 Å². The van der Waals surface area contributed by atoms with Crippen LogP contribution in [-0.2, 0) is 5.41 Å². The van der Waals surface area contributed by atoms with Crippen molar-refractivity contribution in [2.24, 2.45) is 0 Å². The summed E-state index contributed by atoms with van der Waals surface area (Å²) in [4.78, 5) is 14.5. The quantitative estimate of drug-likeness (QED) is 0.228. The molecule has 204 valence electrons. The summed E-state index contributed by atoms with van der Waals surface area (Å²) in [5.74, 6) is 0.189. The van der Waals surface area contributed by atoms with Gasteiger partial charge >= 0.3 is 0 Å². The highest BCUT2D eigenvalue weighted by Gasteiger charge is 2.47. The molecule has 0 bridgehead atoms. The third-order valence-corrected chi connectivity index (χ3v) is 8.63. The monoisotopic (exact) mass is 573 g/mol. The number of halogens is 1. The van der Waals surface area contributed by atoms with Crippen molar-refractivity contribution in [3.8, 4) is 39.4 Å². The van der Waals surface area contributed by atoms with Crippen LogP contribution in [-0.4, -0.2) is 20.1 Å². The normalized spacial score (nSPS) is 13.0. The Labute approximate surface area is 254 Å². The molecular formula is C38H24ClN3O. The maximum absolute atomic E-state index is 10.7. The van der Waals surface area contributed by atoms with E-state index < -0.39 is 5.41 Å². The smallest absolute Gasteiger partial charge is 0.124 e. The number of phenols is 1. The molecule has 0 aliphatic heterocycles. The molecule has 43 heavy (non-hydrogen) atoms. The number of para-hydroxylation sites is 2. The van der Waals surface area contributed by atoms with Crippen molar-refractivity contribution in [3.05, 3.63) is 167 Å². The molecule has 2 heterocycles. The first-order chi connectivity index (χ1) is 21.1. The number of hydrogen-bond donors (Lipinski definition) is 1. The number of phenolic OH excluding ortho intramolecular Hbond substituents is 1. The molecule has 1 aliphatic carbocycles. The van der Waals surface area contributed by atoms with Gasteiger partial charge in [0.05, 0.1) is 28.0 Å². The highest BCUT2D eigenvalue weighted by molar-refractivity contribution is 6.31. The standard InChI is InChI=1S/C38H24ClN3O/c39-26-21-24(37-30-13-3-7-16-33(30)40-23-41-37)20-25(22-26)38(31-14-5-1-10-27(31)28-11-2-6-15-32(28)38)36-19-9-17-34(42-36)29-12-4-8-18-35(29)43/h1-23,43H. The van der Waals surface area contributed by atoms with E-state index in [-0.39, 0.29) is 5.75 Å². The molecule has 0 radical (unpaired) electrons. The first kappa shape index (κ1) is 25.4. The zero-order chi connectivity index (χ0) is 29.0. The summed E-state index contributed by atoms with van der Waals surface area (Å²) in [6.07, 6.45) is 1.60. The van der Waals surface area contributed by atoms with Crippen molar-refractivity contribution in [2.75, 3.05) is 0 Å². The van der Waals surface area contributed by atoms with Gasteiger partial charge < -0.3 is 5.11 Å². The average molecular weight is 574 g/mol. The van der Waals surface area contributed by atoms with Gasteiger partial charge in [-0.05, 0) is 76.3 Å². The number of nitrogens with zero attached hydrogens (tertiary/aromatic N) is 3. The maximum atomic E-state index is 10.7. The van der Waals surface area contributed by atoms with Gasteiger partial charge in [0, 0.05) is 21.5 Å². The SMILES string of the molecule is Oc1ccccc1-c1cccc(C2(c3cc(Cl)cc(-c4ncnc5ccccc45)c3)c3ccccc3-c3ccccc32)n1. The van der Waals surface area contributed by atoms with Crippen molar-refractivity contribution >= 4 is 22.5 Å². The highest BCUT2D eigenvalue weighted by Crippen LogP contribution is 2.56. The number of fused-ring (bicyclic) bond motifs is 4. The molecule has 0 saturated carbocycles. The highest BCUT2D eigenvalue weighted by atomic mass is 35.5. The van der Waals surface area contributed by atoms with E-state index in [2.05, 4.69) is 65.6 Å². The molecule has 4 nitrogen and oxygen atoms in total. The van der Waals surface area contributed by atoms with Gasteiger partial charge in [0.2, 0.25) is 0 Å². The molecule has 5 aromatic carbocycles. The molecule has 7 aromatic rings. The Morgan fingerprint density at radius 1 is 0.605 bits per heavy atom. The Balaban J connectivity index is 1.47. The Morgan fingerprint density at radius 2 is 1.28 bits per heavy atom. The third-order valence-electron chi connectivity index (χ3n) is 8.41. The predicted molar refractivity (Wildman–Crippen MR) is 172 cm³/mol. The Kier molecular flexibility index (Phi) is 5.85. The van der Waals surface area contributed by atoms with Crippen molar-refractivity contribution in [1.82, 2.24) is 15.0 Å². The van der Waals surface area contributed by atoms with E-state index in [0.29, 0.717) is 16.3 Å². The fourth-order valence-corrected chi connectivity index (χ4v) is 6.87. The fraction of sp³-hybridized carbons (Fsp3) is 0.0263. The number of aromatic nitrogens is 3. The zero-order valence-electron chi connectivity index (χ0n) is 22.9. The van der Waals surface area contributed by atoms with Crippen LogP contribution in [0.5, 0.6) is 5.75 Å². The number of rotatable bonds is 4. The first-order valence-electron chi connectivity index (χ1n) is 14.1. The lowest BCUT2D eigenvalue weighted by molar-refractivity contribution is 0.477. The third kappa shape index (κ3) is 3.88. The van der Waals surface area contributed by atoms with Crippen molar-refractivity contribution in [3.63, 3.8) is 0 Å². The summed E-state index contributed by atoms with van der Waals surface area (Å²) in [5.41, 5.74) is 9.57. The molecule has 0 spiro atoms. The summed E-state index contributed by atoms with van der Waals surface area (Å²) in [5, 5.41) is 12.3. The molecule has 0 saturated heterocycles. The fourth-order valence-electron chi connectivity index (χ4n) is 6.63. The van der Waals surface area contributed by atoms with Gasteiger partial charge in [-0.15, -0.1) is 0 Å². The summed E-state index contributed by atoms with van der Waals surface area (Å²) in [6.45, 7) is 0. The van der Waals surface area contributed by atoms with Crippen LogP contribution in [0.25, 0.3) is 44.5 Å². The number of benzene rings is 5. The van der Waals surface area contributed by atoms with Crippen molar-refractivity contribution in [2.45, 2.75) is 5.41 Å². The summed E-state index contributed by atoms with van der Waals surface area (Å²) >= 11 is 6.98. The molecule has 8 rings (SSSR count). The van der Waals surface area contributed by atoms with Gasteiger partial charge in [-0.3, -0.25) is 4.98 Å². The summed E-state index contributed by atoms with van der Waals surface area (Å²) in [6, 6.07) is 44.6. The lowest BCUT2D eigenvalue weighted by Crippen LogP contribution is -2.30. The van der Waals surface area contributed by atoms with Crippen LogP contribution in [0, 0.1) is 0 Å². The molecule has 5 heteroatoms. The van der Waals surface area contributed by atoms with Crippen LogP contribution in [0.1, 0.15) is 22.4 Å². The van der Waals surface area contributed by atoms with Gasteiger partial charge in [-0.1, -0.05) is 96.5 Å². The van der Waals surface area contributed by atoms with Gasteiger partial charge in [0.15, 0.2) is 0 Å². The van der Waals surface area contributed by atoms with E-state index in [4.69, 9.17) is 21.6 Å². The van der Waals surface area contributed by atoms with E-state index in [9.17, 15) is 5.11 Å². The molecule has 0 fully saturated rings. The molecule has 2 aromatic heterocycles. The molecule has 0 amide bonds. The largest absolute Gasteiger partial charge is 0.507 e. The molecule has 1 aliphatic rings. The minimum atomic E-state index is -0.782. The Hall–Kier alpha value is -5.32. The summed E-state index contributed by atoms with van der Waals surface area (Å²) in [7, 11) is 0. The summed E-state index contributed by atoms with van der Waals surface area (Å²) < 4.78 is 0. The van der Waals surface area contributed by atoms with E-state index in [0.717, 1.165) is 55.7 Å². The molecule has 1 N–H and O–H groups in total. The van der Waals surface area contributed by atoms with E-state index in [1.54, 1.807) is 12.4 Å². The van der Waals surface area contributed by atoms with Crippen molar-refractivity contribution in [1.29, 1.82) is 0 Å². The minimum absolute atomic E-state index is 0.189. The second-order valence-electron chi connectivity index (χ2n) is 10.7. The number of hydrogen-bond acceptors (Lipinski definition) is 4. The maximum Gasteiger partial charge on any atom is 0.124 e. The van der Waals surface area contributed by atoms with E-state index >= 15 is 0 Å².